The normalized spacial score (nSPS) is 16.4. The SMILES string of the molecule is CC(=O)Nc1ccc(C(=O)C[C@H](C(=O)N[C@@H](C)C(=O)C[C@H](C(=O)C(=O)CC2CCCCC2)C(C)C)C(C)(C)C)cn1. The van der Waals surface area contributed by atoms with E-state index in [0.717, 1.165) is 25.7 Å². The standard InChI is InChI=1S/C32H47N3O6/c1-19(2)24(30(40)28(39)15-22-11-9-8-10-12-22)16-26(37)20(3)34-31(41)25(32(5,6)7)17-27(38)23-13-14-29(33-18-23)35-21(4)36/h13-14,18-20,22,24-25H,8-12,15-17H2,1-7H3,(H,34,41)(H,33,35,36)/t20-,24-,25+/m0/s1. The molecule has 0 saturated heterocycles. The van der Waals surface area contributed by atoms with Crippen molar-refractivity contribution in [1.29, 1.82) is 0 Å². The highest BCUT2D eigenvalue weighted by molar-refractivity contribution is 6.38. The summed E-state index contributed by atoms with van der Waals surface area (Å²) in [6.45, 7) is 12.1. The van der Waals surface area contributed by atoms with Crippen molar-refractivity contribution in [2.45, 2.75) is 106 Å². The van der Waals surface area contributed by atoms with Gasteiger partial charge in [0.25, 0.3) is 0 Å². The van der Waals surface area contributed by atoms with Crippen LogP contribution in [0.5, 0.6) is 0 Å². The summed E-state index contributed by atoms with van der Waals surface area (Å²) in [7, 11) is 0. The second-order valence-corrected chi connectivity index (χ2v) is 12.9. The zero-order chi connectivity index (χ0) is 30.9. The van der Waals surface area contributed by atoms with Gasteiger partial charge in [0, 0.05) is 43.9 Å². The molecule has 2 rings (SSSR count). The summed E-state index contributed by atoms with van der Waals surface area (Å²) in [5, 5.41) is 5.29. The molecule has 9 heteroatoms. The molecular formula is C32H47N3O6. The van der Waals surface area contributed by atoms with E-state index in [0.29, 0.717) is 11.4 Å². The Hall–Kier alpha value is -3.23. The van der Waals surface area contributed by atoms with Gasteiger partial charge in [0.2, 0.25) is 17.6 Å². The first kappa shape index (κ1) is 34.0. The Balaban J connectivity index is 2.04. The molecular weight excluding hydrogens is 522 g/mol. The summed E-state index contributed by atoms with van der Waals surface area (Å²) in [6, 6.07) is 2.18. The van der Waals surface area contributed by atoms with E-state index >= 15 is 0 Å². The number of carbonyl (C=O) groups excluding carboxylic acids is 6. The van der Waals surface area contributed by atoms with E-state index in [9.17, 15) is 28.8 Å². The molecule has 0 aliphatic heterocycles. The summed E-state index contributed by atoms with van der Waals surface area (Å²) in [5.41, 5.74) is -0.282. The molecule has 2 amide bonds. The predicted octanol–water partition coefficient (Wildman–Crippen LogP) is 5.12. The van der Waals surface area contributed by atoms with E-state index in [1.807, 2.05) is 34.6 Å². The van der Waals surface area contributed by atoms with Crippen molar-refractivity contribution in [1.82, 2.24) is 10.3 Å². The highest BCUT2D eigenvalue weighted by atomic mass is 16.2. The number of nitrogens with zero attached hydrogens (tertiary/aromatic N) is 1. The number of anilines is 1. The monoisotopic (exact) mass is 569 g/mol. The highest BCUT2D eigenvalue weighted by Crippen LogP contribution is 2.31. The molecule has 1 saturated carbocycles. The molecule has 2 N–H and O–H groups in total. The molecule has 0 unspecified atom stereocenters. The molecule has 0 aromatic carbocycles. The van der Waals surface area contributed by atoms with Gasteiger partial charge in [-0.25, -0.2) is 4.98 Å². The maximum Gasteiger partial charge on any atom is 0.224 e. The fraction of sp³-hybridized carbons (Fsp3) is 0.656. The van der Waals surface area contributed by atoms with E-state index in [4.69, 9.17) is 0 Å². The number of pyridine rings is 1. The topological polar surface area (TPSA) is 139 Å². The number of nitrogens with one attached hydrogen (secondary N) is 2. The number of amides is 2. The first-order chi connectivity index (χ1) is 19.1. The third-order valence-corrected chi connectivity index (χ3v) is 8.02. The number of Topliss-reactive ketones (excluding diaryl/α,β-unsaturated/α-hetero) is 4. The second-order valence-electron chi connectivity index (χ2n) is 12.9. The fourth-order valence-electron chi connectivity index (χ4n) is 5.29. The summed E-state index contributed by atoms with van der Waals surface area (Å²) in [5.74, 6) is -3.32. The van der Waals surface area contributed by atoms with E-state index in [2.05, 4.69) is 15.6 Å². The first-order valence-electron chi connectivity index (χ1n) is 14.8. The number of hydrogen-bond acceptors (Lipinski definition) is 7. The van der Waals surface area contributed by atoms with Gasteiger partial charge in [0.15, 0.2) is 17.3 Å². The Morgan fingerprint density at radius 1 is 0.951 bits per heavy atom. The average molecular weight is 570 g/mol. The van der Waals surface area contributed by atoms with Crippen LogP contribution in [0.2, 0.25) is 0 Å². The van der Waals surface area contributed by atoms with Gasteiger partial charge in [-0.2, -0.15) is 0 Å². The van der Waals surface area contributed by atoms with Crippen LogP contribution >= 0.6 is 0 Å². The molecule has 3 atom stereocenters. The van der Waals surface area contributed by atoms with E-state index < -0.39 is 40.8 Å². The molecule has 226 valence electrons. The summed E-state index contributed by atoms with van der Waals surface area (Å²) >= 11 is 0. The Bertz CT molecular complexity index is 1110. The van der Waals surface area contributed by atoms with Gasteiger partial charge in [0.1, 0.15) is 5.82 Å². The predicted molar refractivity (Wildman–Crippen MR) is 157 cm³/mol. The van der Waals surface area contributed by atoms with Crippen LogP contribution in [0.15, 0.2) is 18.3 Å². The van der Waals surface area contributed by atoms with Crippen LogP contribution < -0.4 is 10.6 Å². The molecule has 1 aliphatic carbocycles. The Labute approximate surface area is 244 Å². The van der Waals surface area contributed by atoms with Gasteiger partial charge < -0.3 is 10.6 Å². The molecule has 0 radical (unpaired) electrons. The highest BCUT2D eigenvalue weighted by Gasteiger charge is 2.36. The summed E-state index contributed by atoms with van der Waals surface area (Å²) in [6.07, 6.45) is 6.63. The third kappa shape index (κ3) is 10.6. The number of ketones is 4. The third-order valence-electron chi connectivity index (χ3n) is 8.02. The van der Waals surface area contributed by atoms with Gasteiger partial charge in [-0.05, 0) is 36.3 Å². The molecule has 1 aromatic rings. The van der Waals surface area contributed by atoms with E-state index in [1.54, 1.807) is 13.0 Å². The maximum atomic E-state index is 13.3. The Morgan fingerprint density at radius 2 is 1.59 bits per heavy atom. The average Bonchev–Trinajstić information content (AvgIpc) is 2.89. The fourth-order valence-corrected chi connectivity index (χ4v) is 5.29. The van der Waals surface area contributed by atoms with Crippen molar-refractivity contribution >= 4 is 40.8 Å². The first-order valence-corrected chi connectivity index (χ1v) is 14.8. The number of rotatable bonds is 14. The molecule has 1 fully saturated rings. The van der Waals surface area contributed by atoms with Crippen LogP contribution in [0, 0.1) is 29.1 Å². The van der Waals surface area contributed by atoms with Gasteiger partial charge in [-0.15, -0.1) is 0 Å². The molecule has 9 nitrogen and oxygen atoms in total. The van der Waals surface area contributed by atoms with Crippen LogP contribution in [-0.4, -0.2) is 46.0 Å². The molecule has 1 aliphatic rings. The van der Waals surface area contributed by atoms with Crippen molar-refractivity contribution in [2.24, 2.45) is 29.1 Å². The van der Waals surface area contributed by atoms with Gasteiger partial charge in [-0.1, -0.05) is 66.7 Å². The zero-order valence-corrected chi connectivity index (χ0v) is 25.7. The second kappa shape index (κ2) is 15.1. The minimum atomic E-state index is -0.886. The smallest absolute Gasteiger partial charge is 0.224 e. The number of aromatic nitrogens is 1. The lowest BCUT2D eigenvalue weighted by atomic mass is 9.76. The zero-order valence-electron chi connectivity index (χ0n) is 25.7. The minimum Gasteiger partial charge on any atom is -0.346 e. The van der Waals surface area contributed by atoms with Crippen LogP contribution in [0.25, 0.3) is 0 Å². The number of hydrogen-bond donors (Lipinski definition) is 2. The van der Waals surface area contributed by atoms with E-state index in [1.165, 1.54) is 25.6 Å². The lowest BCUT2D eigenvalue weighted by Crippen LogP contribution is -2.46. The lowest BCUT2D eigenvalue weighted by molar-refractivity contribution is -0.142. The van der Waals surface area contributed by atoms with Gasteiger partial charge in [-0.3, -0.25) is 28.8 Å². The number of carbonyl (C=O) groups is 6. The molecule has 41 heavy (non-hydrogen) atoms. The Morgan fingerprint density at radius 3 is 2.10 bits per heavy atom. The lowest BCUT2D eigenvalue weighted by Gasteiger charge is -2.30. The summed E-state index contributed by atoms with van der Waals surface area (Å²) in [4.78, 5) is 80.6. The van der Waals surface area contributed by atoms with Crippen molar-refractivity contribution < 1.29 is 28.8 Å². The van der Waals surface area contributed by atoms with Crippen LogP contribution in [-0.2, 0) is 24.0 Å². The molecule has 1 aromatic heterocycles. The summed E-state index contributed by atoms with van der Waals surface area (Å²) < 4.78 is 0. The van der Waals surface area contributed by atoms with Crippen LogP contribution in [0.3, 0.4) is 0 Å². The largest absolute Gasteiger partial charge is 0.346 e. The molecule has 0 bridgehead atoms. The van der Waals surface area contributed by atoms with E-state index in [-0.39, 0.29) is 48.6 Å². The molecule has 0 spiro atoms. The van der Waals surface area contributed by atoms with Gasteiger partial charge >= 0.3 is 0 Å². The maximum absolute atomic E-state index is 13.3. The van der Waals surface area contributed by atoms with Crippen molar-refractivity contribution in [3.05, 3.63) is 23.9 Å². The van der Waals surface area contributed by atoms with Crippen molar-refractivity contribution in [3.8, 4) is 0 Å². The Kier molecular flexibility index (Phi) is 12.5. The van der Waals surface area contributed by atoms with Crippen LogP contribution in [0.4, 0.5) is 5.82 Å². The van der Waals surface area contributed by atoms with Crippen LogP contribution in [0.1, 0.15) is 110 Å². The van der Waals surface area contributed by atoms with Gasteiger partial charge in [0.05, 0.1) is 12.0 Å². The minimum absolute atomic E-state index is 0.0970. The van der Waals surface area contributed by atoms with Crippen molar-refractivity contribution in [3.63, 3.8) is 0 Å². The van der Waals surface area contributed by atoms with Crippen molar-refractivity contribution in [2.75, 3.05) is 5.32 Å². The molecule has 1 heterocycles. The quantitative estimate of drug-likeness (QED) is 0.234.